The zero-order valence-corrected chi connectivity index (χ0v) is 17.6. The van der Waals surface area contributed by atoms with Crippen molar-refractivity contribution < 1.29 is 13.2 Å². The van der Waals surface area contributed by atoms with Gasteiger partial charge in [0, 0.05) is 24.6 Å². The van der Waals surface area contributed by atoms with Crippen LogP contribution in [0.4, 0.5) is 0 Å². The first-order valence-electron chi connectivity index (χ1n) is 8.96. The lowest BCUT2D eigenvalue weighted by Gasteiger charge is -2.36. The van der Waals surface area contributed by atoms with Gasteiger partial charge in [-0.25, -0.2) is 8.42 Å². The van der Waals surface area contributed by atoms with E-state index in [1.54, 1.807) is 42.3 Å². The van der Waals surface area contributed by atoms with Crippen molar-refractivity contribution in [3.63, 3.8) is 0 Å². The van der Waals surface area contributed by atoms with Crippen LogP contribution in [0.15, 0.2) is 64.0 Å². The number of piperidine rings is 1. The average molecular weight is 451 g/mol. The lowest BCUT2D eigenvalue weighted by molar-refractivity contribution is -0.135. The number of likely N-dealkylation sites (N-methyl/N-ethyl adjacent to an activating group) is 1. The quantitative estimate of drug-likeness (QED) is 0.698. The molecule has 0 aliphatic carbocycles. The largest absolute Gasteiger partial charge is 0.340 e. The SMILES string of the molecule is CN(Cc1ccccc1Br)C(=O)C1CCCCN1S(=O)(=O)c1ccccc1. The van der Waals surface area contributed by atoms with Crippen molar-refractivity contribution in [3.8, 4) is 0 Å². The smallest absolute Gasteiger partial charge is 0.243 e. The molecule has 1 heterocycles. The number of amides is 1. The molecular formula is C20H23BrN2O3S. The normalized spacial score (nSPS) is 18.2. The molecule has 0 radical (unpaired) electrons. The maximum atomic E-state index is 13.1. The second-order valence-corrected chi connectivity index (χ2v) is 9.47. The van der Waals surface area contributed by atoms with Crippen molar-refractivity contribution in [3.05, 3.63) is 64.6 Å². The maximum absolute atomic E-state index is 13.1. The van der Waals surface area contributed by atoms with Gasteiger partial charge in [-0.2, -0.15) is 4.31 Å². The van der Waals surface area contributed by atoms with Gasteiger partial charge in [0.05, 0.1) is 4.90 Å². The molecule has 0 bridgehead atoms. The van der Waals surface area contributed by atoms with Crippen molar-refractivity contribution in [2.24, 2.45) is 0 Å². The van der Waals surface area contributed by atoms with Crippen molar-refractivity contribution >= 4 is 31.9 Å². The van der Waals surface area contributed by atoms with Crippen molar-refractivity contribution in [2.75, 3.05) is 13.6 Å². The predicted molar refractivity (Wildman–Crippen MR) is 109 cm³/mol. The zero-order valence-electron chi connectivity index (χ0n) is 15.2. The second kappa shape index (κ2) is 8.54. The summed E-state index contributed by atoms with van der Waals surface area (Å²) in [4.78, 5) is 15.0. The van der Waals surface area contributed by atoms with Crippen LogP contribution in [0.3, 0.4) is 0 Å². The Bertz CT molecular complexity index is 902. The highest BCUT2D eigenvalue weighted by molar-refractivity contribution is 9.10. The molecule has 0 N–H and O–H groups in total. The van der Waals surface area contributed by atoms with Crippen molar-refractivity contribution in [2.45, 2.75) is 36.7 Å². The van der Waals surface area contributed by atoms with Gasteiger partial charge in [0.15, 0.2) is 0 Å². The molecular weight excluding hydrogens is 428 g/mol. The molecule has 1 aliphatic rings. The minimum atomic E-state index is -3.69. The van der Waals surface area contributed by atoms with Crippen LogP contribution < -0.4 is 0 Å². The summed E-state index contributed by atoms with van der Waals surface area (Å²) in [6.45, 7) is 0.798. The Morgan fingerprint density at radius 1 is 1.11 bits per heavy atom. The summed E-state index contributed by atoms with van der Waals surface area (Å²) in [5.41, 5.74) is 0.988. The van der Waals surface area contributed by atoms with E-state index < -0.39 is 16.1 Å². The Hall–Kier alpha value is -1.70. The molecule has 2 aromatic rings. The fourth-order valence-corrected chi connectivity index (χ4v) is 5.46. The lowest BCUT2D eigenvalue weighted by Crippen LogP contribution is -2.52. The Balaban J connectivity index is 1.82. The van der Waals surface area contributed by atoms with E-state index in [2.05, 4.69) is 15.9 Å². The van der Waals surface area contributed by atoms with E-state index in [4.69, 9.17) is 0 Å². The highest BCUT2D eigenvalue weighted by Crippen LogP contribution is 2.27. The van der Waals surface area contributed by atoms with E-state index in [1.165, 1.54) is 4.31 Å². The Morgan fingerprint density at radius 2 is 1.78 bits per heavy atom. The van der Waals surface area contributed by atoms with E-state index in [9.17, 15) is 13.2 Å². The third-order valence-electron chi connectivity index (χ3n) is 4.83. The van der Waals surface area contributed by atoms with E-state index in [0.29, 0.717) is 19.5 Å². The summed E-state index contributed by atoms with van der Waals surface area (Å²) < 4.78 is 28.5. The van der Waals surface area contributed by atoms with E-state index in [0.717, 1.165) is 22.9 Å². The molecule has 0 saturated carbocycles. The van der Waals surface area contributed by atoms with Gasteiger partial charge >= 0.3 is 0 Å². The fourth-order valence-electron chi connectivity index (χ4n) is 3.38. The minimum Gasteiger partial charge on any atom is -0.340 e. The number of carbonyl (C=O) groups is 1. The minimum absolute atomic E-state index is 0.162. The average Bonchev–Trinajstić information content (AvgIpc) is 2.69. The first-order valence-corrected chi connectivity index (χ1v) is 11.2. The van der Waals surface area contributed by atoms with Crippen molar-refractivity contribution in [1.29, 1.82) is 0 Å². The lowest BCUT2D eigenvalue weighted by atomic mass is 10.0. The van der Waals surface area contributed by atoms with Gasteiger partial charge in [-0.05, 0) is 36.6 Å². The molecule has 1 aliphatic heterocycles. The molecule has 144 valence electrons. The van der Waals surface area contributed by atoms with Crippen LogP contribution in [0.5, 0.6) is 0 Å². The Morgan fingerprint density at radius 3 is 2.48 bits per heavy atom. The number of benzene rings is 2. The highest BCUT2D eigenvalue weighted by Gasteiger charge is 2.38. The van der Waals surface area contributed by atoms with Gasteiger partial charge in [0.25, 0.3) is 0 Å². The maximum Gasteiger partial charge on any atom is 0.243 e. The number of sulfonamides is 1. The molecule has 0 spiro atoms. The first kappa shape index (κ1) is 20.0. The van der Waals surface area contributed by atoms with E-state index >= 15 is 0 Å². The van der Waals surface area contributed by atoms with Gasteiger partial charge in [-0.15, -0.1) is 0 Å². The van der Waals surface area contributed by atoms with Crippen molar-refractivity contribution in [1.82, 2.24) is 9.21 Å². The molecule has 1 saturated heterocycles. The molecule has 1 amide bonds. The number of halogens is 1. The molecule has 0 aromatic heterocycles. The van der Waals surface area contributed by atoms with Crippen LogP contribution in [0.2, 0.25) is 0 Å². The summed E-state index contributed by atoms with van der Waals surface area (Å²) in [5.74, 6) is -0.162. The van der Waals surface area contributed by atoms with Gasteiger partial charge in [-0.1, -0.05) is 58.7 Å². The summed E-state index contributed by atoms with van der Waals surface area (Å²) in [7, 11) is -1.97. The molecule has 27 heavy (non-hydrogen) atoms. The zero-order chi connectivity index (χ0) is 19.4. The van der Waals surface area contributed by atoms with Gasteiger partial charge in [-0.3, -0.25) is 4.79 Å². The first-order chi connectivity index (χ1) is 12.9. The molecule has 2 aromatic carbocycles. The fraction of sp³-hybridized carbons (Fsp3) is 0.350. The monoisotopic (exact) mass is 450 g/mol. The van der Waals surface area contributed by atoms with E-state index in [1.807, 2.05) is 24.3 Å². The summed E-state index contributed by atoms with van der Waals surface area (Å²) in [6.07, 6.45) is 2.16. The molecule has 1 atom stereocenters. The predicted octanol–water partition coefficient (Wildman–Crippen LogP) is 3.65. The van der Waals surface area contributed by atoms with Crippen LogP contribution >= 0.6 is 15.9 Å². The number of nitrogens with zero attached hydrogens (tertiary/aromatic N) is 2. The Labute approximate surface area is 169 Å². The van der Waals surface area contributed by atoms with Gasteiger partial charge in [0.2, 0.25) is 15.9 Å². The molecule has 1 unspecified atom stereocenters. The second-order valence-electron chi connectivity index (χ2n) is 6.73. The number of carbonyl (C=O) groups excluding carboxylic acids is 1. The van der Waals surface area contributed by atoms with Gasteiger partial charge in [0.1, 0.15) is 6.04 Å². The van der Waals surface area contributed by atoms with Crippen LogP contribution in [-0.2, 0) is 21.4 Å². The number of hydrogen-bond donors (Lipinski definition) is 0. The summed E-state index contributed by atoms with van der Waals surface area (Å²) >= 11 is 3.50. The van der Waals surface area contributed by atoms with Gasteiger partial charge < -0.3 is 4.90 Å². The van der Waals surface area contributed by atoms with Crippen LogP contribution in [0.1, 0.15) is 24.8 Å². The molecule has 3 rings (SSSR count). The topological polar surface area (TPSA) is 57.7 Å². The highest BCUT2D eigenvalue weighted by atomic mass is 79.9. The molecule has 5 nitrogen and oxygen atoms in total. The number of hydrogen-bond acceptors (Lipinski definition) is 3. The number of rotatable bonds is 5. The van der Waals surface area contributed by atoms with E-state index in [-0.39, 0.29) is 10.8 Å². The third kappa shape index (κ3) is 4.42. The third-order valence-corrected chi connectivity index (χ3v) is 7.53. The summed E-state index contributed by atoms with van der Waals surface area (Å²) in [5, 5.41) is 0. The standard InChI is InChI=1S/C20H23BrN2O3S/c1-22(15-16-9-5-6-12-18(16)21)20(24)19-13-7-8-14-23(19)27(25,26)17-10-3-2-4-11-17/h2-6,9-12,19H,7-8,13-15H2,1H3. The van der Waals surface area contributed by atoms with Crippen LogP contribution in [0.25, 0.3) is 0 Å². The molecule has 7 heteroatoms. The van der Waals surface area contributed by atoms with Crippen LogP contribution in [0, 0.1) is 0 Å². The molecule has 1 fully saturated rings. The Kier molecular flexibility index (Phi) is 6.34. The summed E-state index contributed by atoms with van der Waals surface area (Å²) in [6, 6.07) is 15.4. The van der Waals surface area contributed by atoms with Crippen LogP contribution in [-0.4, -0.2) is 43.2 Å².